The second-order valence-electron chi connectivity index (χ2n) is 3.62. The molecule has 2 aromatic rings. The molecule has 0 saturated heterocycles. The number of carboxylic acid groups (broad SMARTS) is 1. The third-order valence-corrected chi connectivity index (χ3v) is 2.49. The molecule has 2 rings (SSSR count). The molecule has 1 N–H and O–H groups in total. The number of aliphatic carboxylic acids is 1. The van der Waals surface area contributed by atoms with E-state index in [0.29, 0.717) is 11.1 Å². The number of nitrogens with zero attached hydrogens (tertiary/aromatic N) is 3. The van der Waals surface area contributed by atoms with Crippen LogP contribution >= 0.6 is 0 Å². The van der Waals surface area contributed by atoms with Crippen LogP contribution in [0.4, 0.5) is 8.78 Å². The molecule has 0 spiro atoms. The molecule has 0 aliphatic carbocycles. The lowest BCUT2D eigenvalue weighted by molar-refractivity contribution is -0.131. The number of alkyl halides is 2. The molecular formula is C11H9F2N3O2. The Kier molecular flexibility index (Phi) is 3.05. The van der Waals surface area contributed by atoms with E-state index in [4.69, 9.17) is 5.11 Å². The van der Waals surface area contributed by atoms with Crippen molar-refractivity contribution in [1.82, 2.24) is 14.6 Å². The van der Waals surface area contributed by atoms with Crippen LogP contribution in [0.1, 0.15) is 23.4 Å². The fourth-order valence-electron chi connectivity index (χ4n) is 1.61. The van der Waals surface area contributed by atoms with Crippen LogP contribution in [-0.4, -0.2) is 25.7 Å². The topological polar surface area (TPSA) is 67.5 Å². The average Bonchev–Trinajstić information content (AvgIpc) is 2.72. The summed E-state index contributed by atoms with van der Waals surface area (Å²) in [5, 5.41) is 15.6. The van der Waals surface area contributed by atoms with Crippen molar-refractivity contribution in [3.05, 3.63) is 35.3 Å². The van der Waals surface area contributed by atoms with Crippen LogP contribution in [0.2, 0.25) is 0 Å². The smallest absolute Gasteiger partial charge is 0.328 e. The Morgan fingerprint density at radius 1 is 1.50 bits per heavy atom. The summed E-state index contributed by atoms with van der Waals surface area (Å²) in [6.07, 6.45) is 1.04. The Labute approximate surface area is 100 Å². The van der Waals surface area contributed by atoms with E-state index < -0.39 is 18.2 Å². The van der Waals surface area contributed by atoms with Crippen LogP contribution in [0.15, 0.2) is 18.3 Å². The van der Waals surface area contributed by atoms with Crippen LogP contribution in [0.25, 0.3) is 11.7 Å². The summed E-state index contributed by atoms with van der Waals surface area (Å²) in [7, 11) is 0. The SMILES string of the molecule is Cc1c(/C=C/C(=O)O)ccn2c(C(F)F)nnc12. The minimum atomic E-state index is -2.71. The molecule has 7 heteroatoms. The lowest BCUT2D eigenvalue weighted by Crippen LogP contribution is -1.97. The Morgan fingerprint density at radius 2 is 2.22 bits per heavy atom. The van der Waals surface area contributed by atoms with Crippen molar-refractivity contribution in [3.63, 3.8) is 0 Å². The number of fused-ring (bicyclic) bond motifs is 1. The van der Waals surface area contributed by atoms with Gasteiger partial charge in [-0.05, 0) is 24.6 Å². The maximum Gasteiger partial charge on any atom is 0.328 e. The quantitative estimate of drug-likeness (QED) is 0.850. The van der Waals surface area contributed by atoms with Gasteiger partial charge in [-0.1, -0.05) is 0 Å². The second-order valence-corrected chi connectivity index (χ2v) is 3.62. The van der Waals surface area contributed by atoms with Gasteiger partial charge in [-0.2, -0.15) is 0 Å². The van der Waals surface area contributed by atoms with E-state index in [1.807, 2.05) is 0 Å². The van der Waals surface area contributed by atoms with Gasteiger partial charge in [0.2, 0.25) is 5.82 Å². The van der Waals surface area contributed by atoms with Gasteiger partial charge < -0.3 is 5.11 Å². The molecule has 0 amide bonds. The Balaban J connectivity index is 2.55. The number of hydrogen-bond donors (Lipinski definition) is 1. The molecule has 0 saturated carbocycles. The molecule has 0 fully saturated rings. The predicted molar refractivity (Wildman–Crippen MR) is 59.4 cm³/mol. The first kappa shape index (κ1) is 12.2. The molecule has 0 aromatic carbocycles. The van der Waals surface area contributed by atoms with E-state index in [1.54, 1.807) is 6.92 Å². The highest BCUT2D eigenvalue weighted by atomic mass is 19.3. The summed E-state index contributed by atoms with van der Waals surface area (Å²) in [4.78, 5) is 10.4. The van der Waals surface area contributed by atoms with Gasteiger partial charge in [-0.15, -0.1) is 10.2 Å². The number of hydrogen-bond acceptors (Lipinski definition) is 3. The summed E-state index contributed by atoms with van der Waals surface area (Å²) in [5.74, 6) is -1.51. The largest absolute Gasteiger partial charge is 0.478 e. The zero-order valence-corrected chi connectivity index (χ0v) is 9.34. The summed E-state index contributed by atoms with van der Waals surface area (Å²) in [6, 6.07) is 1.54. The molecule has 0 atom stereocenters. The highest BCUT2D eigenvalue weighted by molar-refractivity contribution is 5.86. The number of halogens is 2. The number of aryl methyl sites for hydroxylation is 1. The van der Waals surface area contributed by atoms with Crippen LogP contribution in [0.5, 0.6) is 0 Å². The lowest BCUT2D eigenvalue weighted by Gasteiger charge is -2.03. The highest BCUT2D eigenvalue weighted by Crippen LogP contribution is 2.21. The first-order valence-corrected chi connectivity index (χ1v) is 5.04. The number of rotatable bonds is 3. The molecule has 2 heterocycles. The van der Waals surface area contributed by atoms with Gasteiger partial charge in [0.25, 0.3) is 6.43 Å². The van der Waals surface area contributed by atoms with Crippen LogP contribution < -0.4 is 0 Å². The van der Waals surface area contributed by atoms with Crippen molar-refractivity contribution < 1.29 is 18.7 Å². The molecular weight excluding hydrogens is 244 g/mol. The molecule has 0 unspecified atom stereocenters. The van der Waals surface area contributed by atoms with Gasteiger partial charge in [0.05, 0.1) is 0 Å². The summed E-state index contributed by atoms with van der Waals surface area (Å²) in [5.41, 5.74) is 1.48. The minimum Gasteiger partial charge on any atom is -0.478 e. The van der Waals surface area contributed by atoms with E-state index >= 15 is 0 Å². The first-order valence-electron chi connectivity index (χ1n) is 5.04. The zero-order chi connectivity index (χ0) is 13.3. The van der Waals surface area contributed by atoms with Crippen molar-refractivity contribution in [3.8, 4) is 0 Å². The van der Waals surface area contributed by atoms with Gasteiger partial charge in [0.1, 0.15) is 0 Å². The third kappa shape index (κ3) is 2.06. The molecule has 0 bridgehead atoms. The Hall–Kier alpha value is -2.31. The first-order chi connectivity index (χ1) is 8.50. The molecule has 0 aliphatic rings. The van der Waals surface area contributed by atoms with Gasteiger partial charge in [-0.25, -0.2) is 13.6 Å². The Bertz CT molecular complexity index is 634. The van der Waals surface area contributed by atoms with E-state index in [-0.39, 0.29) is 5.65 Å². The number of carboxylic acids is 1. The van der Waals surface area contributed by atoms with Crippen molar-refractivity contribution in [2.24, 2.45) is 0 Å². The molecule has 5 nitrogen and oxygen atoms in total. The second kappa shape index (κ2) is 4.52. The van der Waals surface area contributed by atoms with Crippen LogP contribution in [0.3, 0.4) is 0 Å². The third-order valence-electron chi connectivity index (χ3n) is 2.49. The van der Waals surface area contributed by atoms with Gasteiger partial charge in [0, 0.05) is 17.8 Å². The van der Waals surface area contributed by atoms with Gasteiger partial charge in [-0.3, -0.25) is 4.40 Å². The maximum absolute atomic E-state index is 12.6. The van der Waals surface area contributed by atoms with Crippen molar-refractivity contribution in [1.29, 1.82) is 0 Å². The molecule has 0 radical (unpaired) electrons. The zero-order valence-electron chi connectivity index (χ0n) is 9.34. The molecule has 94 valence electrons. The highest BCUT2D eigenvalue weighted by Gasteiger charge is 2.17. The molecule has 0 aliphatic heterocycles. The standard InChI is InChI=1S/C11H9F2N3O2/c1-6-7(2-3-8(17)18)4-5-16-10(6)14-15-11(16)9(12)13/h2-5,9H,1H3,(H,17,18)/b3-2+. The monoisotopic (exact) mass is 253 g/mol. The fourth-order valence-corrected chi connectivity index (χ4v) is 1.61. The van der Waals surface area contributed by atoms with E-state index in [2.05, 4.69) is 10.2 Å². The van der Waals surface area contributed by atoms with Crippen molar-refractivity contribution in [2.45, 2.75) is 13.3 Å². The van der Waals surface area contributed by atoms with Gasteiger partial charge in [0.15, 0.2) is 5.65 Å². The maximum atomic E-state index is 12.6. The van der Waals surface area contributed by atoms with Crippen LogP contribution in [0, 0.1) is 6.92 Å². The summed E-state index contributed by atoms with van der Waals surface area (Å²) >= 11 is 0. The normalized spacial score (nSPS) is 11.8. The molecule has 18 heavy (non-hydrogen) atoms. The average molecular weight is 253 g/mol. The van der Waals surface area contributed by atoms with E-state index in [1.165, 1.54) is 22.7 Å². The van der Waals surface area contributed by atoms with Crippen molar-refractivity contribution in [2.75, 3.05) is 0 Å². The molecule has 2 aromatic heterocycles. The number of carbonyl (C=O) groups is 1. The lowest BCUT2D eigenvalue weighted by atomic mass is 10.1. The summed E-state index contributed by atoms with van der Waals surface area (Å²) in [6.45, 7) is 1.67. The predicted octanol–water partition coefficient (Wildman–Crippen LogP) is 2.07. The van der Waals surface area contributed by atoms with E-state index in [0.717, 1.165) is 6.08 Å². The van der Waals surface area contributed by atoms with Crippen molar-refractivity contribution >= 4 is 17.7 Å². The number of pyridine rings is 1. The Morgan fingerprint density at radius 3 is 2.83 bits per heavy atom. The minimum absolute atomic E-state index is 0.290. The van der Waals surface area contributed by atoms with Gasteiger partial charge >= 0.3 is 5.97 Å². The summed E-state index contributed by atoms with van der Waals surface area (Å²) < 4.78 is 26.4. The van der Waals surface area contributed by atoms with E-state index in [9.17, 15) is 13.6 Å². The number of aromatic nitrogens is 3. The van der Waals surface area contributed by atoms with Crippen LogP contribution in [-0.2, 0) is 4.79 Å². The fraction of sp³-hybridized carbons (Fsp3) is 0.182.